The van der Waals surface area contributed by atoms with E-state index in [1.807, 2.05) is 6.08 Å². The highest BCUT2D eigenvalue weighted by molar-refractivity contribution is 5.34. The molecule has 3 heteroatoms. The molecule has 0 amide bonds. The van der Waals surface area contributed by atoms with E-state index in [1.54, 1.807) is 0 Å². The predicted octanol–water partition coefficient (Wildman–Crippen LogP) is 3.94. The average molecular weight is 307 g/mol. The Hall–Kier alpha value is -0.640. The summed E-state index contributed by atoms with van der Waals surface area (Å²) in [4.78, 5) is 2.51. The Morgan fingerprint density at radius 3 is 2.18 bits per heavy atom. The molecule has 3 atom stereocenters. The van der Waals surface area contributed by atoms with Crippen LogP contribution in [-0.2, 0) is 9.47 Å². The van der Waals surface area contributed by atoms with Crippen LogP contribution in [0.1, 0.15) is 54.9 Å². The second kappa shape index (κ2) is 6.10. The zero-order valence-electron chi connectivity index (χ0n) is 15.4. The first kappa shape index (κ1) is 17.7. The Morgan fingerprint density at radius 2 is 1.68 bits per heavy atom. The van der Waals surface area contributed by atoms with Gasteiger partial charge in [0.2, 0.25) is 0 Å². The second-order valence-corrected chi connectivity index (χ2v) is 8.59. The molecule has 0 unspecified atom stereocenters. The maximum Gasteiger partial charge on any atom is 0.105 e. The van der Waals surface area contributed by atoms with Gasteiger partial charge in [0.15, 0.2) is 0 Å². The lowest BCUT2D eigenvalue weighted by atomic mass is 9.91. The van der Waals surface area contributed by atoms with Gasteiger partial charge in [-0.05, 0) is 60.5 Å². The molecule has 22 heavy (non-hydrogen) atoms. The van der Waals surface area contributed by atoms with Gasteiger partial charge in [0.1, 0.15) is 6.10 Å². The van der Waals surface area contributed by atoms with Crippen molar-refractivity contribution in [2.24, 2.45) is 0 Å². The fraction of sp³-hybridized carbons (Fsp3) is 0.789. The first-order chi connectivity index (χ1) is 10.0. The minimum atomic E-state index is -0.183. The fourth-order valence-electron chi connectivity index (χ4n) is 3.57. The minimum Gasteiger partial charge on any atom is -0.369 e. The molecule has 0 saturated carbocycles. The first-order valence-electron chi connectivity index (χ1n) is 8.43. The monoisotopic (exact) mass is 307 g/mol. The van der Waals surface area contributed by atoms with Crippen molar-refractivity contribution < 1.29 is 9.47 Å². The smallest absolute Gasteiger partial charge is 0.105 e. The molecule has 0 aromatic heterocycles. The molecule has 0 aromatic carbocycles. The van der Waals surface area contributed by atoms with Crippen molar-refractivity contribution in [1.29, 1.82) is 0 Å². The largest absolute Gasteiger partial charge is 0.369 e. The van der Waals surface area contributed by atoms with Gasteiger partial charge in [0.25, 0.3) is 0 Å². The summed E-state index contributed by atoms with van der Waals surface area (Å²) in [6, 6.07) is 0.276. The van der Waals surface area contributed by atoms with Gasteiger partial charge in [-0.25, -0.2) is 0 Å². The fourth-order valence-corrected chi connectivity index (χ4v) is 3.57. The molecule has 2 rings (SSSR count). The van der Waals surface area contributed by atoms with E-state index in [4.69, 9.17) is 9.47 Å². The number of nitrogens with zero attached hydrogens (tertiary/aromatic N) is 1. The highest BCUT2D eigenvalue weighted by Gasteiger charge is 2.48. The maximum absolute atomic E-state index is 6.46. The van der Waals surface area contributed by atoms with Crippen LogP contribution in [0.15, 0.2) is 23.8 Å². The Kier molecular flexibility index (Phi) is 4.91. The minimum absolute atomic E-state index is 0.0578. The summed E-state index contributed by atoms with van der Waals surface area (Å²) >= 11 is 0. The molecule has 2 aliphatic rings. The van der Waals surface area contributed by atoms with Gasteiger partial charge < -0.3 is 9.47 Å². The first-order valence-corrected chi connectivity index (χ1v) is 8.43. The van der Waals surface area contributed by atoms with Gasteiger partial charge in [-0.3, -0.25) is 4.90 Å². The molecule has 3 nitrogen and oxygen atoms in total. The molecule has 1 fully saturated rings. The van der Waals surface area contributed by atoms with Crippen LogP contribution in [-0.4, -0.2) is 47.4 Å². The third-order valence-electron chi connectivity index (χ3n) is 4.29. The summed E-state index contributed by atoms with van der Waals surface area (Å²) in [5.74, 6) is 0. The number of ether oxygens (including phenoxy) is 2. The lowest BCUT2D eigenvalue weighted by molar-refractivity contribution is -0.148. The predicted molar refractivity (Wildman–Crippen MR) is 92.1 cm³/mol. The van der Waals surface area contributed by atoms with Gasteiger partial charge in [0, 0.05) is 13.1 Å². The topological polar surface area (TPSA) is 21.7 Å². The molecule has 1 saturated heterocycles. The standard InChI is InChI=1S/C19H33NO2/c1-9-14-13(2)10-11-20-12-15(21-18(3,4)5)17(16(14)20)22-19(6,7)8/h9,15-17H,1,10-12H2,2-8H3/t15-,16-,17+/m0/s1. The average Bonchev–Trinajstić information content (AvgIpc) is 2.64. The highest BCUT2D eigenvalue weighted by Crippen LogP contribution is 2.38. The van der Waals surface area contributed by atoms with Gasteiger partial charge in [-0.15, -0.1) is 0 Å². The summed E-state index contributed by atoms with van der Waals surface area (Å²) < 4.78 is 12.8. The lowest BCUT2D eigenvalue weighted by Crippen LogP contribution is -2.46. The van der Waals surface area contributed by atoms with Crippen LogP contribution in [0, 0.1) is 0 Å². The van der Waals surface area contributed by atoms with Crippen LogP contribution in [0.5, 0.6) is 0 Å². The molecule has 0 aliphatic carbocycles. The van der Waals surface area contributed by atoms with Crippen molar-refractivity contribution in [1.82, 2.24) is 4.90 Å². The molecule has 126 valence electrons. The quantitative estimate of drug-likeness (QED) is 0.788. The van der Waals surface area contributed by atoms with Crippen molar-refractivity contribution in [3.63, 3.8) is 0 Å². The van der Waals surface area contributed by atoms with E-state index in [0.717, 1.165) is 19.5 Å². The number of rotatable bonds is 3. The molecule has 2 heterocycles. The Bertz CT molecular complexity index is 453. The Labute approximate surface area is 136 Å². The summed E-state index contributed by atoms with van der Waals surface area (Å²) in [6.45, 7) is 21.0. The number of fused-ring (bicyclic) bond motifs is 1. The summed E-state index contributed by atoms with van der Waals surface area (Å²) in [7, 11) is 0. The van der Waals surface area contributed by atoms with Crippen molar-refractivity contribution >= 4 is 0 Å². The maximum atomic E-state index is 6.46. The highest BCUT2D eigenvalue weighted by atomic mass is 16.6. The summed E-state index contributed by atoms with van der Waals surface area (Å²) in [6.07, 6.45) is 3.29. The third-order valence-corrected chi connectivity index (χ3v) is 4.29. The summed E-state index contributed by atoms with van der Waals surface area (Å²) in [5, 5.41) is 0. The molecule has 0 aromatic rings. The van der Waals surface area contributed by atoms with Crippen LogP contribution < -0.4 is 0 Å². The van der Waals surface area contributed by atoms with Gasteiger partial charge in [-0.2, -0.15) is 0 Å². The van der Waals surface area contributed by atoms with Gasteiger partial charge in [0.05, 0.1) is 23.3 Å². The van der Waals surface area contributed by atoms with Crippen molar-refractivity contribution in [2.45, 2.75) is 84.3 Å². The molecule has 0 radical (unpaired) electrons. The van der Waals surface area contributed by atoms with E-state index >= 15 is 0 Å². The van der Waals surface area contributed by atoms with E-state index in [0.29, 0.717) is 0 Å². The van der Waals surface area contributed by atoms with Crippen LogP contribution in [0.25, 0.3) is 0 Å². The molecule has 0 N–H and O–H groups in total. The zero-order valence-corrected chi connectivity index (χ0v) is 15.4. The van der Waals surface area contributed by atoms with E-state index < -0.39 is 0 Å². The van der Waals surface area contributed by atoms with Crippen LogP contribution in [0.4, 0.5) is 0 Å². The van der Waals surface area contributed by atoms with Crippen LogP contribution in [0.2, 0.25) is 0 Å². The zero-order chi connectivity index (χ0) is 16.7. The molecular weight excluding hydrogens is 274 g/mol. The lowest BCUT2D eigenvalue weighted by Gasteiger charge is -2.38. The van der Waals surface area contributed by atoms with Crippen LogP contribution >= 0.6 is 0 Å². The van der Waals surface area contributed by atoms with E-state index in [9.17, 15) is 0 Å². The van der Waals surface area contributed by atoms with E-state index in [2.05, 4.69) is 59.9 Å². The third kappa shape index (κ3) is 4.01. The second-order valence-electron chi connectivity index (χ2n) is 8.59. The van der Waals surface area contributed by atoms with Gasteiger partial charge >= 0.3 is 0 Å². The molecular formula is C19H33NO2. The molecule has 0 bridgehead atoms. The van der Waals surface area contributed by atoms with Crippen molar-refractivity contribution in [2.75, 3.05) is 13.1 Å². The SMILES string of the molecule is C=CC1=C(C)CCN2C[C@H](OC(C)(C)C)[C@@H](OC(C)(C)C)[C@H]12. The van der Waals surface area contributed by atoms with Crippen molar-refractivity contribution in [3.8, 4) is 0 Å². The number of hydrogen-bond donors (Lipinski definition) is 0. The van der Waals surface area contributed by atoms with Gasteiger partial charge in [-0.1, -0.05) is 18.2 Å². The Morgan fingerprint density at radius 1 is 1.09 bits per heavy atom. The van der Waals surface area contributed by atoms with Crippen LogP contribution in [0.3, 0.4) is 0 Å². The van der Waals surface area contributed by atoms with Crippen molar-refractivity contribution in [3.05, 3.63) is 23.8 Å². The summed E-state index contributed by atoms with van der Waals surface area (Å²) in [5.41, 5.74) is 2.43. The normalized spacial score (nSPS) is 30.6. The van der Waals surface area contributed by atoms with E-state index in [1.165, 1.54) is 11.1 Å². The molecule has 0 spiro atoms. The molecule has 2 aliphatic heterocycles. The number of hydrogen-bond acceptors (Lipinski definition) is 3. The Balaban J connectivity index is 2.33. The van der Waals surface area contributed by atoms with E-state index in [-0.39, 0.29) is 29.5 Å².